The number of ether oxygens (including phenoxy) is 1. The molecule has 0 spiro atoms. The van der Waals surface area contributed by atoms with E-state index >= 15 is 0 Å². The van der Waals surface area contributed by atoms with Gasteiger partial charge in [0, 0.05) is 30.2 Å². The van der Waals surface area contributed by atoms with Gasteiger partial charge in [0.15, 0.2) is 0 Å². The van der Waals surface area contributed by atoms with Gasteiger partial charge in [0.25, 0.3) is 0 Å². The Balaban J connectivity index is 1.68. The van der Waals surface area contributed by atoms with Crippen LogP contribution in [0, 0.1) is 23.2 Å². The smallest absolute Gasteiger partial charge is 0.240 e. The van der Waals surface area contributed by atoms with Crippen LogP contribution in [0.25, 0.3) is 10.8 Å². The molecule has 2 aromatic carbocycles. The topological polar surface area (TPSA) is 111 Å². The van der Waals surface area contributed by atoms with Crippen LogP contribution in [0.3, 0.4) is 0 Å². The van der Waals surface area contributed by atoms with Crippen LogP contribution in [0.5, 0.6) is 0 Å². The largest absolute Gasteiger partial charge is 0.396 e. The highest BCUT2D eigenvalue weighted by Gasteiger charge is 2.76. The maximum atomic E-state index is 13.5. The van der Waals surface area contributed by atoms with E-state index in [1.54, 1.807) is 43.3 Å². The molecule has 0 saturated carbocycles. The fourth-order valence-corrected chi connectivity index (χ4v) is 5.63. The molecule has 29 heavy (non-hydrogen) atoms. The molecule has 2 bridgehead atoms. The van der Waals surface area contributed by atoms with Crippen molar-refractivity contribution in [3.8, 4) is 6.07 Å². The number of aliphatic hydroxyl groups is 2. The summed E-state index contributed by atoms with van der Waals surface area (Å²) >= 11 is 0. The summed E-state index contributed by atoms with van der Waals surface area (Å²) in [5, 5.41) is 30.9. The Morgan fingerprint density at radius 2 is 1.86 bits per heavy atom. The molecule has 5 atom stereocenters. The Morgan fingerprint density at radius 3 is 2.55 bits per heavy atom. The molecule has 2 N–H and O–H groups in total. The standard InChI is InChI=1S/C22H20N2O5/c1-21-16(26)10-22(29-21,8-9-25)18-17(21)19(27)24(20(18)28)15-7-6-12(11-23)13-4-2-3-5-14(13)15/h2-7,16-18,25-26H,8-10H2,1H3/t16-,17-,18+,21-,22+/m0/s1. The fourth-order valence-electron chi connectivity index (χ4n) is 5.63. The van der Waals surface area contributed by atoms with Crippen molar-refractivity contribution in [2.45, 2.75) is 37.1 Å². The van der Waals surface area contributed by atoms with Crippen molar-refractivity contribution in [1.29, 1.82) is 5.26 Å². The molecule has 3 fully saturated rings. The van der Waals surface area contributed by atoms with Crippen molar-refractivity contribution in [2.24, 2.45) is 11.8 Å². The Bertz CT molecular complexity index is 1110. The highest BCUT2D eigenvalue weighted by atomic mass is 16.6. The summed E-state index contributed by atoms with van der Waals surface area (Å²) in [6.07, 6.45) is -0.488. The molecule has 2 aromatic rings. The lowest BCUT2D eigenvalue weighted by Crippen LogP contribution is -2.49. The van der Waals surface area contributed by atoms with Crippen LogP contribution in [0.15, 0.2) is 36.4 Å². The van der Waals surface area contributed by atoms with E-state index in [2.05, 4.69) is 6.07 Å². The number of aliphatic hydroxyl groups excluding tert-OH is 2. The van der Waals surface area contributed by atoms with Crippen LogP contribution in [-0.2, 0) is 14.3 Å². The van der Waals surface area contributed by atoms with Gasteiger partial charge in [-0.3, -0.25) is 9.59 Å². The number of nitriles is 1. The second-order valence-electron chi connectivity index (χ2n) is 8.30. The number of rotatable bonds is 3. The number of nitrogens with zero attached hydrogens (tertiary/aromatic N) is 2. The van der Waals surface area contributed by atoms with Crippen LogP contribution in [-0.4, -0.2) is 45.9 Å². The zero-order valence-electron chi connectivity index (χ0n) is 15.8. The molecule has 0 aromatic heterocycles. The van der Waals surface area contributed by atoms with Gasteiger partial charge >= 0.3 is 0 Å². The minimum atomic E-state index is -1.16. The van der Waals surface area contributed by atoms with Crippen molar-refractivity contribution in [3.63, 3.8) is 0 Å². The van der Waals surface area contributed by atoms with E-state index in [0.717, 1.165) is 0 Å². The maximum Gasteiger partial charge on any atom is 0.240 e. The summed E-state index contributed by atoms with van der Waals surface area (Å²) in [4.78, 5) is 28.2. The van der Waals surface area contributed by atoms with Gasteiger partial charge in [0.2, 0.25) is 11.8 Å². The van der Waals surface area contributed by atoms with Crippen LogP contribution in [0.2, 0.25) is 0 Å². The normalized spacial score (nSPS) is 35.4. The van der Waals surface area contributed by atoms with E-state index in [9.17, 15) is 25.1 Å². The van der Waals surface area contributed by atoms with Gasteiger partial charge in [-0.05, 0) is 19.1 Å². The van der Waals surface area contributed by atoms with Crippen molar-refractivity contribution >= 4 is 28.3 Å². The van der Waals surface area contributed by atoms with E-state index < -0.39 is 35.0 Å². The zero-order valence-corrected chi connectivity index (χ0v) is 15.8. The highest BCUT2D eigenvalue weighted by Crippen LogP contribution is 2.62. The molecule has 3 heterocycles. The van der Waals surface area contributed by atoms with Gasteiger partial charge in [-0.1, -0.05) is 24.3 Å². The number of hydrogen-bond donors (Lipinski definition) is 2. The summed E-state index contributed by atoms with van der Waals surface area (Å²) in [6.45, 7) is 1.47. The quantitative estimate of drug-likeness (QED) is 0.766. The van der Waals surface area contributed by atoms with Gasteiger partial charge in [-0.15, -0.1) is 0 Å². The molecular formula is C22H20N2O5. The number of amides is 2. The lowest BCUT2D eigenvalue weighted by molar-refractivity contribution is -0.134. The first-order chi connectivity index (χ1) is 13.9. The van der Waals surface area contributed by atoms with Crippen molar-refractivity contribution in [2.75, 3.05) is 11.5 Å². The Hall–Kier alpha value is -2.79. The average Bonchev–Trinajstić information content (AvgIpc) is 3.23. The number of carbonyl (C=O) groups is 2. The van der Waals surface area contributed by atoms with E-state index in [4.69, 9.17) is 4.74 Å². The van der Waals surface area contributed by atoms with Gasteiger partial charge < -0.3 is 14.9 Å². The third kappa shape index (κ3) is 2.11. The second-order valence-corrected chi connectivity index (χ2v) is 8.30. The summed E-state index contributed by atoms with van der Waals surface area (Å²) in [5.41, 5.74) is -1.31. The van der Waals surface area contributed by atoms with Crippen molar-refractivity contribution < 1.29 is 24.5 Å². The van der Waals surface area contributed by atoms with E-state index in [1.807, 2.05) is 0 Å². The molecule has 7 heteroatoms. The summed E-state index contributed by atoms with van der Waals surface area (Å²) < 4.78 is 6.09. The number of anilines is 1. The van der Waals surface area contributed by atoms with Gasteiger partial charge in [-0.2, -0.15) is 5.26 Å². The van der Waals surface area contributed by atoms with Crippen LogP contribution < -0.4 is 4.90 Å². The van der Waals surface area contributed by atoms with Gasteiger partial charge in [-0.25, -0.2) is 4.90 Å². The van der Waals surface area contributed by atoms with Crippen molar-refractivity contribution in [1.82, 2.24) is 0 Å². The minimum absolute atomic E-state index is 0.182. The third-order valence-corrected chi connectivity index (χ3v) is 6.91. The van der Waals surface area contributed by atoms with Crippen molar-refractivity contribution in [3.05, 3.63) is 42.0 Å². The van der Waals surface area contributed by atoms with E-state index in [0.29, 0.717) is 22.0 Å². The molecule has 0 unspecified atom stereocenters. The molecule has 3 saturated heterocycles. The number of hydrogen-bond acceptors (Lipinski definition) is 6. The molecule has 3 aliphatic heterocycles. The fraction of sp³-hybridized carbons (Fsp3) is 0.409. The number of imide groups is 1. The molecular weight excluding hydrogens is 372 g/mol. The first kappa shape index (κ1) is 18.3. The molecule has 5 rings (SSSR count). The number of fused-ring (bicyclic) bond motifs is 6. The SMILES string of the molecule is C[C@]12O[C@](CCO)(C[C@@H]1O)[C@H]1C(=O)N(c3ccc(C#N)c4ccccc34)C(=O)[C@H]12. The maximum absolute atomic E-state index is 13.5. The Morgan fingerprint density at radius 1 is 1.17 bits per heavy atom. The first-order valence-corrected chi connectivity index (χ1v) is 9.67. The average molecular weight is 392 g/mol. The zero-order chi connectivity index (χ0) is 20.6. The lowest BCUT2D eigenvalue weighted by Gasteiger charge is -2.33. The predicted octanol–water partition coefficient (Wildman–Crippen LogP) is 1.49. The van der Waals surface area contributed by atoms with Crippen LogP contribution in [0.4, 0.5) is 5.69 Å². The van der Waals surface area contributed by atoms with E-state index in [-0.39, 0.29) is 25.4 Å². The summed E-state index contributed by atoms with van der Waals surface area (Å²) in [6, 6.07) is 12.5. The van der Waals surface area contributed by atoms with Gasteiger partial charge in [0.05, 0.1) is 40.9 Å². The molecule has 3 aliphatic rings. The molecule has 0 aliphatic carbocycles. The van der Waals surface area contributed by atoms with Crippen LogP contribution in [0.1, 0.15) is 25.3 Å². The Labute approximate surface area is 167 Å². The monoisotopic (exact) mass is 392 g/mol. The predicted molar refractivity (Wildman–Crippen MR) is 103 cm³/mol. The minimum Gasteiger partial charge on any atom is -0.396 e. The third-order valence-electron chi connectivity index (χ3n) is 6.91. The Kier molecular flexibility index (Phi) is 3.69. The summed E-state index contributed by atoms with van der Waals surface area (Å²) in [7, 11) is 0. The molecule has 7 nitrogen and oxygen atoms in total. The lowest BCUT2D eigenvalue weighted by atomic mass is 9.66. The number of benzene rings is 2. The molecule has 2 amide bonds. The molecule has 148 valence electrons. The van der Waals surface area contributed by atoms with Gasteiger partial charge in [0.1, 0.15) is 5.60 Å². The second kappa shape index (κ2) is 5.86. The number of carbonyl (C=O) groups excluding carboxylic acids is 2. The first-order valence-electron chi connectivity index (χ1n) is 9.67. The molecule has 0 radical (unpaired) electrons. The summed E-state index contributed by atoms with van der Waals surface area (Å²) in [5.74, 6) is -2.33. The van der Waals surface area contributed by atoms with Crippen LogP contribution >= 0.6 is 0 Å². The van der Waals surface area contributed by atoms with E-state index in [1.165, 1.54) is 4.90 Å². The highest BCUT2D eigenvalue weighted by molar-refractivity contribution is 6.26.